The summed E-state index contributed by atoms with van der Waals surface area (Å²) < 4.78 is 1.42. The predicted molar refractivity (Wildman–Crippen MR) is 75.1 cm³/mol. The molecular weight excluding hydrogens is 278 g/mol. The normalized spacial score (nSPS) is 10.9. The molecule has 0 unspecified atom stereocenters. The summed E-state index contributed by atoms with van der Waals surface area (Å²) in [5, 5.41) is 13.5. The molecule has 3 rings (SSSR count). The predicted octanol–water partition coefficient (Wildman–Crippen LogP) is 3.06. The SMILES string of the molecule is Cc1ccc(-c2cc3nc(C(=O)O)cc(Cl)n3n2)cc1. The van der Waals surface area contributed by atoms with Gasteiger partial charge in [0.25, 0.3) is 0 Å². The molecule has 1 N–H and O–H groups in total. The summed E-state index contributed by atoms with van der Waals surface area (Å²) >= 11 is 6.03. The summed E-state index contributed by atoms with van der Waals surface area (Å²) in [5.41, 5.74) is 3.08. The number of fused-ring (bicyclic) bond motifs is 1. The highest BCUT2D eigenvalue weighted by Gasteiger charge is 2.13. The lowest BCUT2D eigenvalue weighted by atomic mass is 10.1. The average molecular weight is 288 g/mol. The van der Waals surface area contributed by atoms with Crippen molar-refractivity contribution in [3.63, 3.8) is 0 Å². The van der Waals surface area contributed by atoms with Gasteiger partial charge in [0, 0.05) is 17.7 Å². The summed E-state index contributed by atoms with van der Waals surface area (Å²) in [6, 6.07) is 10.9. The Balaban J connectivity index is 2.17. The van der Waals surface area contributed by atoms with Crippen LogP contribution in [0.3, 0.4) is 0 Å². The van der Waals surface area contributed by atoms with Crippen LogP contribution in [0.25, 0.3) is 16.9 Å². The van der Waals surface area contributed by atoms with E-state index in [0.717, 1.165) is 11.1 Å². The van der Waals surface area contributed by atoms with Gasteiger partial charge in [0.2, 0.25) is 0 Å². The van der Waals surface area contributed by atoms with Crippen molar-refractivity contribution >= 4 is 23.2 Å². The molecule has 0 saturated carbocycles. The van der Waals surface area contributed by atoms with Gasteiger partial charge in [-0.25, -0.2) is 14.3 Å². The maximum atomic E-state index is 11.0. The molecule has 0 aliphatic carbocycles. The monoisotopic (exact) mass is 287 g/mol. The summed E-state index contributed by atoms with van der Waals surface area (Å²) in [6.07, 6.45) is 0. The Kier molecular flexibility index (Phi) is 2.91. The van der Waals surface area contributed by atoms with Crippen molar-refractivity contribution < 1.29 is 9.90 Å². The molecule has 2 aromatic heterocycles. The first-order valence-corrected chi connectivity index (χ1v) is 6.29. The van der Waals surface area contributed by atoms with Crippen LogP contribution in [-0.2, 0) is 0 Å². The zero-order valence-corrected chi connectivity index (χ0v) is 11.3. The molecule has 0 spiro atoms. The van der Waals surface area contributed by atoms with Gasteiger partial charge in [-0.15, -0.1) is 0 Å². The second kappa shape index (κ2) is 4.61. The van der Waals surface area contributed by atoms with E-state index in [-0.39, 0.29) is 10.8 Å². The Morgan fingerprint density at radius 3 is 2.60 bits per heavy atom. The van der Waals surface area contributed by atoms with Crippen molar-refractivity contribution in [3.05, 3.63) is 52.8 Å². The molecule has 0 atom stereocenters. The van der Waals surface area contributed by atoms with E-state index in [0.29, 0.717) is 11.3 Å². The van der Waals surface area contributed by atoms with Gasteiger partial charge in [-0.2, -0.15) is 5.10 Å². The number of carboxylic acids is 1. The van der Waals surface area contributed by atoms with Crippen LogP contribution >= 0.6 is 11.6 Å². The quantitative estimate of drug-likeness (QED) is 0.736. The Morgan fingerprint density at radius 2 is 1.95 bits per heavy atom. The molecule has 0 amide bonds. The Morgan fingerprint density at radius 1 is 1.25 bits per heavy atom. The zero-order chi connectivity index (χ0) is 14.3. The van der Waals surface area contributed by atoms with Crippen LogP contribution in [0.15, 0.2) is 36.4 Å². The largest absolute Gasteiger partial charge is 0.477 e. The molecule has 3 aromatic rings. The van der Waals surface area contributed by atoms with Gasteiger partial charge in [0.1, 0.15) is 5.15 Å². The Labute approximate surface area is 119 Å². The van der Waals surface area contributed by atoms with E-state index in [1.807, 2.05) is 31.2 Å². The number of halogens is 1. The van der Waals surface area contributed by atoms with E-state index in [1.165, 1.54) is 10.6 Å². The van der Waals surface area contributed by atoms with Crippen molar-refractivity contribution in [2.75, 3.05) is 0 Å². The smallest absolute Gasteiger partial charge is 0.354 e. The van der Waals surface area contributed by atoms with Crippen LogP contribution in [0.4, 0.5) is 0 Å². The molecule has 0 aliphatic rings. The molecular formula is C14H10ClN3O2. The second-order valence-corrected chi connectivity index (χ2v) is 4.82. The highest BCUT2D eigenvalue weighted by Crippen LogP contribution is 2.22. The standard InChI is InChI=1S/C14H10ClN3O2/c1-8-2-4-9(5-3-8)10-7-13-16-11(14(19)20)6-12(15)18(13)17-10/h2-7H,1H3,(H,19,20). The fraction of sp³-hybridized carbons (Fsp3) is 0.0714. The number of aryl methyl sites for hydroxylation is 1. The Hall–Kier alpha value is -2.40. The number of nitrogens with zero attached hydrogens (tertiary/aromatic N) is 3. The van der Waals surface area contributed by atoms with E-state index in [2.05, 4.69) is 10.1 Å². The summed E-state index contributed by atoms with van der Waals surface area (Å²) in [7, 11) is 0. The highest BCUT2D eigenvalue weighted by molar-refractivity contribution is 6.30. The number of carbonyl (C=O) groups is 1. The van der Waals surface area contributed by atoms with Crippen LogP contribution in [-0.4, -0.2) is 25.7 Å². The van der Waals surface area contributed by atoms with Gasteiger partial charge < -0.3 is 5.11 Å². The fourth-order valence-electron chi connectivity index (χ4n) is 1.91. The molecule has 20 heavy (non-hydrogen) atoms. The van der Waals surface area contributed by atoms with Crippen LogP contribution in [0, 0.1) is 6.92 Å². The minimum atomic E-state index is -1.12. The molecule has 0 fully saturated rings. The average Bonchev–Trinajstić information content (AvgIpc) is 2.84. The van der Waals surface area contributed by atoms with Crippen molar-refractivity contribution in [1.29, 1.82) is 0 Å². The van der Waals surface area contributed by atoms with Crippen LogP contribution < -0.4 is 0 Å². The molecule has 0 saturated heterocycles. The molecule has 2 heterocycles. The topological polar surface area (TPSA) is 67.5 Å². The van der Waals surface area contributed by atoms with E-state index >= 15 is 0 Å². The summed E-state index contributed by atoms with van der Waals surface area (Å²) in [6.45, 7) is 2.00. The number of hydrogen-bond acceptors (Lipinski definition) is 3. The number of aromatic carboxylic acids is 1. The second-order valence-electron chi connectivity index (χ2n) is 4.43. The number of rotatable bonds is 2. The third kappa shape index (κ3) is 2.12. The summed E-state index contributed by atoms with van der Waals surface area (Å²) in [4.78, 5) is 15.0. The number of benzene rings is 1. The van der Waals surface area contributed by atoms with Gasteiger partial charge in [-0.05, 0) is 6.92 Å². The minimum absolute atomic E-state index is 0.0992. The first-order chi connectivity index (χ1) is 9.54. The van der Waals surface area contributed by atoms with E-state index in [9.17, 15) is 4.79 Å². The van der Waals surface area contributed by atoms with Crippen LogP contribution in [0.1, 0.15) is 16.1 Å². The zero-order valence-electron chi connectivity index (χ0n) is 10.5. The van der Waals surface area contributed by atoms with Gasteiger partial charge in [-0.3, -0.25) is 0 Å². The number of carboxylic acid groups (broad SMARTS) is 1. The number of aromatic nitrogens is 3. The number of hydrogen-bond donors (Lipinski definition) is 1. The summed E-state index contributed by atoms with van der Waals surface area (Å²) in [5.74, 6) is -1.12. The molecule has 100 valence electrons. The lowest BCUT2D eigenvalue weighted by Crippen LogP contribution is -2.03. The van der Waals surface area contributed by atoms with E-state index < -0.39 is 5.97 Å². The lowest BCUT2D eigenvalue weighted by Gasteiger charge is -1.98. The van der Waals surface area contributed by atoms with Gasteiger partial charge in [-0.1, -0.05) is 41.4 Å². The van der Waals surface area contributed by atoms with Gasteiger partial charge in [0.15, 0.2) is 11.3 Å². The van der Waals surface area contributed by atoms with Gasteiger partial charge in [0.05, 0.1) is 5.69 Å². The maximum absolute atomic E-state index is 11.0. The fourth-order valence-corrected chi connectivity index (χ4v) is 2.14. The molecule has 6 heteroatoms. The minimum Gasteiger partial charge on any atom is -0.477 e. The van der Waals surface area contributed by atoms with E-state index in [4.69, 9.17) is 16.7 Å². The first kappa shape index (κ1) is 12.6. The molecule has 1 aromatic carbocycles. The molecule has 0 radical (unpaired) electrons. The van der Waals surface area contributed by atoms with Crippen LogP contribution in [0.5, 0.6) is 0 Å². The highest BCUT2D eigenvalue weighted by atomic mass is 35.5. The lowest BCUT2D eigenvalue weighted by molar-refractivity contribution is 0.0690. The third-order valence-electron chi connectivity index (χ3n) is 2.95. The van der Waals surface area contributed by atoms with Crippen molar-refractivity contribution in [1.82, 2.24) is 14.6 Å². The molecule has 0 bridgehead atoms. The van der Waals surface area contributed by atoms with Crippen molar-refractivity contribution in [2.45, 2.75) is 6.92 Å². The van der Waals surface area contributed by atoms with Crippen molar-refractivity contribution in [2.24, 2.45) is 0 Å². The molecule has 0 aliphatic heterocycles. The molecule has 5 nitrogen and oxygen atoms in total. The van der Waals surface area contributed by atoms with Gasteiger partial charge >= 0.3 is 5.97 Å². The van der Waals surface area contributed by atoms with Crippen molar-refractivity contribution in [3.8, 4) is 11.3 Å². The Bertz CT molecular complexity index is 809. The van der Waals surface area contributed by atoms with E-state index in [1.54, 1.807) is 6.07 Å². The third-order valence-corrected chi connectivity index (χ3v) is 3.22. The first-order valence-electron chi connectivity index (χ1n) is 5.91. The maximum Gasteiger partial charge on any atom is 0.354 e. The van der Waals surface area contributed by atoms with Crippen LogP contribution in [0.2, 0.25) is 5.15 Å².